The summed E-state index contributed by atoms with van der Waals surface area (Å²) in [6, 6.07) is 12.7. The van der Waals surface area contributed by atoms with Crippen LogP contribution in [0.5, 0.6) is 0 Å². The van der Waals surface area contributed by atoms with Crippen molar-refractivity contribution in [2.75, 3.05) is 13.1 Å². The fraction of sp³-hybridized carbons (Fsp3) is 0.381. The van der Waals surface area contributed by atoms with Crippen LogP contribution in [0.25, 0.3) is 12.2 Å². The maximum atomic E-state index is 12.4. The number of hydrogen-bond donors (Lipinski definition) is 1. The lowest BCUT2D eigenvalue weighted by atomic mass is 10.0. The second-order valence-corrected chi connectivity index (χ2v) is 6.84. The molecule has 1 aliphatic heterocycles. The molecule has 126 valence electrons. The molecule has 3 rings (SSSR count). The van der Waals surface area contributed by atoms with E-state index in [0.29, 0.717) is 12.0 Å². The van der Waals surface area contributed by atoms with Gasteiger partial charge in [0, 0.05) is 18.3 Å². The summed E-state index contributed by atoms with van der Waals surface area (Å²) in [4.78, 5) is 12.4. The molecule has 3 heteroatoms. The second kappa shape index (κ2) is 7.63. The molecule has 1 N–H and O–H groups in total. The van der Waals surface area contributed by atoms with Gasteiger partial charge in [-0.2, -0.15) is 0 Å². The van der Waals surface area contributed by atoms with Crippen LogP contribution in [0.15, 0.2) is 47.4 Å². The summed E-state index contributed by atoms with van der Waals surface area (Å²) >= 11 is 0. The topological polar surface area (TPSA) is 34.0 Å². The molecule has 1 aliphatic rings. The van der Waals surface area contributed by atoms with Crippen LogP contribution in [0.4, 0.5) is 0 Å². The van der Waals surface area contributed by atoms with Crippen molar-refractivity contribution in [2.45, 2.75) is 38.6 Å². The molecule has 2 aromatic rings. The number of nitrogens with zero attached hydrogens (tertiary/aromatic N) is 1. The number of pyridine rings is 1. The number of hydrogen-bond acceptors (Lipinski definition) is 2. The molecule has 2 heterocycles. The van der Waals surface area contributed by atoms with Crippen molar-refractivity contribution >= 4 is 12.2 Å². The van der Waals surface area contributed by atoms with Crippen molar-refractivity contribution in [1.29, 1.82) is 0 Å². The van der Waals surface area contributed by atoms with Crippen LogP contribution in [0.1, 0.15) is 55.3 Å². The minimum atomic E-state index is 0.0965. The zero-order valence-electron chi connectivity index (χ0n) is 14.5. The van der Waals surface area contributed by atoms with E-state index in [9.17, 15) is 4.79 Å². The molecule has 1 aromatic heterocycles. The molecule has 0 unspecified atom stereocenters. The lowest BCUT2D eigenvalue weighted by molar-refractivity contribution is 0.361. The molecule has 0 spiro atoms. The van der Waals surface area contributed by atoms with E-state index in [1.165, 1.54) is 5.56 Å². The first-order valence-electron chi connectivity index (χ1n) is 8.84. The van der Waals surface area contributed by atoms with Gasteiger partial charge in [0.25, 0.3) is 5.56 Å². The van der Waals surface area contributed by atoms with Crippen LogP contribution in [0.3, 0.4) is 0 Å². The Hall–Kier alpha value is -2.13. The monoisotopic (exact) mass is 322 g/mol. The van der Waals surface area contributed by atoms with Crippen molar-refractivity contribution in [3.05, 3.63) is 69.6 Å². The van der Waals surface area contributed by atoms with Gasteiger partial charge in [0.15, 0.2) is 0 Å². The largest absolute Gasteiger partial charge is 0.317 e. The minimum absolute atomic E-state index is 0.0965. The van der Waals surface area contributed by atoms with E-state index in [1.807, 2.05) is 22.9 Å². The van der Waals surface area contributed by atoms with Crippen molar-refractivity contribution in [3.63, 3.8) is 0 Å². The predicted octanol–water partition coefficient (Wildman–Crippen LogP) is 4.07. The molecule has 0 saturated carbocycles. The van der Waals surface area contributed by atoms with E-state index < -0.39 is 0 Å². The Morgan fingerprint density at radius 1 is 1.04 bits per heavy atom. The SMILES string of the molecule is CC(C)c1ccc(/C=C/c2ccn(C3CCNCC3)c(=O)c2)cc1. The first-order valence-corrected chi connectivity index (χ1v) is 8.84. The highest BCUT2D eigenvalue weighted by atomic mass is 16.1. The molecule has 1 aromatic carbocycles. The summed E-state index contributed by atoms with van der Waals surface area (Å²) in [5, 5.41) is 3.34. The molecule has 24 heavy (non-hydrogen) atoms. The highest BCUT2D eigenvalue weighted by Crippen LogP contribution is 2.18. The Bertz CT molecular complexity index is 750. The predicted molar refractivity (Wildman–Crippen MR) is 101 cm³/mol. The summed E-state index contributed by atoms with van der Waals surface area (Å²) in [5.41, 5.74) is 3.55. The Balaban J connectivity index is 1.73. The van der Waals surface area contributed by atoms with E-state index in [1.54, 1.807) is 6.07 Å². The van der Waals surface area contributed by atoms with Crippen LogP contribution < -0.4 is 10.9 Å². The average molecular weight is 322 g/mol. The van der Waals surface area contributed by atoms with Crippen molar-refractivity contribution in [3.8, 4) is 0 Å². The normalized spacial score (nSPS) is 16.1. The van der Waals surface area contributed by atoms with Gasteiger partial charge in [0.1, 0.15) is 0 Å². The molecule has 1 fully saturated rings. The number of nitrogens with one attached hydrogen (secondary N) is 1. The molecule has 3 nitrogen and oxygen atoms in total. The van der Waals surface area contributed by atoms with Gasteiger partial charge in [-0.25, -0.2) is 0 Å². The fourth-order valence-corrected chi connectivity index (χ4v) is 3.18. The maximum absolute atomic E-state index is 12.4. The Morgan fingerprint density at radius 3 is 2.33 bits per heavy atom. The van der Waals surface area contributed by atoms with E-state index >= 15 is 0 Å². The van der Waals surface area contributed by atoms with Crippen molar-refractivity contribution in [1.82, 2.24) is 9.88 Å². The zero-order valence-corrected chi connectivity index (χ0v) is 14.5. The molecule has 0 radical (unpaired) electrons. The van der Waals surface area contributed by atoms with Gasteiger partial charge >= 0.3 is 0 Å². The third-order valence-corrected chi connectivity index (χ3v) is 4.75. The van der Waals surface area contributed by atoms with Gasteiger partial charge in [-0.15, -0.1) is 0 Å². The van der Waals surface area contributed by atoms with Crippen LogP contribution in [-0.4, -0.2) is 17.7 Å². The molecule has 0 amide bonds. The van der Waals surface area contributed by atoms with Crippen LogP contribution >= 0.6 is 0 Å². The summed E-state index contributed by atoms with van der Waals surface area (Å²) in [6.07, 6.45) is 8.07. The highest BCUT2D eigenvalue weighted by Gasteiger charge is 2.15. The smallest absolute Gasteiger partial charge is 0.251 e. The minimum Gasteiger partial charge on any atom is -0.317 e. The first-order chi connectivity index (χ1) is 11.6. The Morgan fingerprint density at radius 2 is 1.71 bits per heavy atom. The lowest BCUT2D eigenvalue weighted by Crippen LogP contribution is -2.33. The molecular weight excluding hydrogens is 296 g/mol. The zero-order chi connectivity index (χ0) is 16.9. The van der Waals surface area contributed by atoms with Crippen LogP contribution in [-0.2, 0) is 0 Å². The highest BCUT2D eigenvalue weighted by molar-refractivity contribution is 5.69. The quantitative estimate of drug-likeness (QED) is 0.921. The van der Waals surface area contributed by atoms with E-state index in [2.05, 4.69) is 49.5 Å². The number of rotatable bonds is 4. The number of piperidine rings is 1. The third-order valence-electron chi connectivity index (χ3n) is 4.75. The molecule has 0 atom stereocenters. The van der Waals surface area contributed by atoms with Gasteiger partial charge in [-0.3, -0.25) is 4.79 Å². The Labute approximate surface area is 144 Å². The number of aromatic nitrogens is 1. The fourth-order valence-electron chi connectivity index (χ4n) is 3.18. The molecule has 1 saturated heterocycles. The first kappa shape index (κ1) is 16.7. The summed E-state index contributed by atoms with van der Waals surface area (Å²) < 4.78 is 1.88. The average Bonchev–Trinajstić information content (AvgIpc) is 2.61. The van der Waals surface area contributed by atoms with Crippen LogP contribution in [0, 0.1) is 0 Å². The molecule has 0 aliphatic carbocycles. The van der Waals surface area contributed by atoms with Gasteiger partial charge in [-0.05, 0) is 54.6 Å². The third kappa shape index (κ3) is 4.04. The summed E-state index contributed by atoms with van der Waals surface area (Å²) in [5.74, 6) is 0.547. The Kier molecular flexibility index (Phi) is 5.31. The maximum Gasteiger partial charge on any atom is 0.251 e. The van der Waals surface area contributed by atoms with Crippen LogP contribution in [0.2, 0.25) is 0 Å². The van der Waals surface area contributed by atoms with E-state index in [-0.39, 0.29) is 5.56 Å². The van der Waals surface area contributed by atoms with Gasteiger partial charge < -0.3 is 9.88 Å². The van der Waals surface area contributed by atoms with E-state index in [4.69, 9.17) is 0 Å². The van der Waals surface area contributed by atoms with Gasteiger partial charge in [-0.1, -0.05) is 50.3 Å². The van der Waals surface area contributed by atoms with Gasteiger partial charge in [0.05, 0.1) is 0 Å². The standard InChI is InChI=1S/C21H26N2O/c1-16(2)19-7-5-17(6-8-19)3-4-18-11-14-23(21(24)15-18)20-9-12-22-13-10-20/h3-8,11,14-16,20,22H,9-10,12-13H2,1-2H3/b4-3+. The molecule has 0 bridgehead atoms. The second-order valence-electron chi connectivity index (χ2n) is 6.84. The van der Waals surface area contributed by atoms with Crippen molar-refractivity contribution in [2.24, 2.45) is 0 Å². The number of benzene rings is 1. The summed E-state index contributed by atoms with van der Waals surface area (Å²) in [7, 11) is 0. The van der Waals surface area contributed by atoms with Gasteiger partial charge in [0.2, 0.25) is 0 Å². The molecular formula is C21H26N2O. The lowest BCUT2D eigenvalue weighted by Gasteiger charge is -2.24. The summed E-state index contributed by atoms with van der Waals surface area (Å²) in [6.45, 7) is 6.38. The van der Waals surface area contributed by atoms with Crippen molar-refractivity contribution < 1.29 is 0 Å². The van der Waals surface area contributed by atoms with E-state index in [0.717, 1.165) is 37.1 Å².